The predicted molar refractivity (Wildman–Crippen MR) is 104 cm³/mol. The molecule has 0 aliphatic heterocycles. The van der Waals surface area contributed by atoms with Gasteiger partial charge in [0.1, 0.15) is 11.3 Å². The van der Waals surface area contributed by atoms with Gasteiger partial charge in [-0.1, -0.05) is 6.07 Å². The monoisotopic (exact) mass is 383 g/mol. The molecule has 0 aliphatic rings. The smallest absolute Gasteiger partial charge is 0.337 e. The Labute approximate surface area is 161 Å². The minimum atomic E-state index is -0.600. The molecule has 28 heavy (non-hydrogen) atoms. The maximum Gasteiger partial charge on any atom is 0.337 e. The van der Waals surface area contributed by atoms with E-state index in [9.17, 15) is 9.59 Å². The summed E-state index contributed by atoms with van der Waals surface area (Å²) in [5, 5.41) is 3.35. The molecule has 1 heterocycles. The van der Waals surface area contributed by atoms with Crippen LogP contribution in [-0.2, 0) is 6.54 Å². The van der Waals surface area contributed by atoms with Crippen LogP contribution in [0.25, 0.3) is 11.0 Å². The van der Waals surface area contributed by atoms with Gasteiger partial charge in [0, 0.05) is 24.1 Å². The van der Waals surface area contributed by atoms with Gasteiger partial charge in [0.05, 0.1) is 26.4 Å². The molecule has 0 atom stereocenters. The summed E-state index contributed by atoms with van der Waals surface area (Å²) in [5.74, 6) is 1.37. The van der Waals surface area contributed by atoms with Gasteiger partial charge in [0.15, 0.2) is 11.5 Å². The normalized spacial score (nSPS) is 10.5. The number of carbonyl (C=O) groups excluding carboxylic acids is 1. The number of amides is 1. The molecule has 0 aliphatic carbocycles. The van der Waals surface area contributed by atoms with Crippen LogP contribution in [0.2, 0.25) is 0 Å². The molecule has 3 rings (SSSR count). The van der Waals surface area contributed by atoms with Crippen LogP contribution >= 0.6 is 0 Å². The van der Waals surface area contributed by atoms with Gasteiger partial charge >= 0.3 is 5.63 Å². The van der Waals surface area contributed by atoms with Crippen LogP contribution in [0.15, 0.2) is 51.7 Å². The van der Waals surface area contributed by atoms with Crippen LogP contribution in [0.1, 0.15) is 22.8 Å². The first-order valence-corrected chi connectivity index (χ1v) is 8.75. The molecule has 1 amide bonds. The summed E-state index contributed by atoms with van der Waals surface area (Å²) in [5.41, 5.74) is 0.777. The van der Waals surface area contributed by atoms with Gasteiger partial charge in [-0.2, -0.15) is 0 Å². The standard InChI is InChI=1S/C21H21NO6/c1-4-27-14-6-7-15-16(11-20(23)28-18(15)10-14)21(24)22-12-13-5-8-17(25-2)19(9-13)26-3/h5-11H,4,12H2,1-3H3,(H,22,24). The Morgan fingerprint density at radius 1 is 1.04 bits per heavy atom. The highest BCUT2D eigenvalue weighted by atomic mass is 16.5. The molecule has 3 aromatic rings. The second-order valence-electron chi connectivity index (χ2n) is 5.94. The average molecular weight is 383 g/mol. The van der Waals surface area contributed by atoms with Crippen molar-refractivity contribution in [1.82, 2.24) is 5.32 Å². The molecule has 7 nitrogen and oxygen atoms in total. The van der Waals surface area contributed by atoms with Gasteiger partial charge in [-0.3, -0.25) is 4.79 Å². The van der Waals surface area contributed by atoms with Crippen molar-refractivity contribution in [2.24, 2.45) is 0 Å². The number of carbonyl (C=O) groups is 1. The molecule has 0 saturated carbocycles. The maximum absolute atomic E-state index is 12.7. The van der Waals surface area contributed by atoms with Gasteiger partial charge in [0.2, 0.25) is 0 Å². The van der Waals surface area contributed by atoms with E-state index in [0.29, 0.717) is 34.8 Å². The molecule has 0 radical (unpaired) electrons. The van der Waals surface area contributed by atoms with Gasteiger partial charge < -0.3 is 23.9 Å². The van der Waals surface area contributed by atoms with E-state index in [1.54, 1.807) is 44.6 Å². The zero-order chi connectivity index (χ0) is 20.1. The largest absolute Gasteiger partial charge is 0.494 e. The summed E-state index contributed by atoms with van der Waals surface area (Å²) in [4.78, 5) is 24.6. The number of methoxy groups -OCH3 is 2. The molecule has 0 fully saturated rings. The number of rotatable bonds is 7. The predicted octanol–water partition coefficient (Wildman–Crippen LogP) is 3.14. The van der Waals surface area contributed by atoms with Crippen LogP contribution in [0.5, 0.6) is 17.2 Å². The molecule has 2 aromatic carbocycles. The number of nitrogens with one attached hydrogen (secondary N) is 1. The Balaban J connectivity index is 1.84. The van der Waals surface area contributed by atoms with Crippen LogP contribution < -0.4 is 25.2 Å². The highest BCUT2D eigenvalue weighted by Gasteiger charge is 2.14. The molecule has 7 heteroatoms. The first kappa shape index (κ1) is 19.3. The van der Waals surface area contributed by atoms with E-state index in [-0.39, 0.29) is 18.0 Å². The van der Waals surface area contributed by atoms with Crippen LogP contribution in [0, 0.1) is 0 Å². The Bertz CT molecular complexity index is 1060. The molecular formula is C21H21NO6. The second kappa shape index (κ2) is 8.47. The van der Waals surface area contributed by atoms with Crippen LogP contribution in [-0.4, -0.2) is 26.7 Å². The highest BCUT2D eigenvalue weighted by molar-refractivity contribution is 6.05. The molecule has 1 aromatic heterocycles. The van der Waals surface area contributed by atoms with Gasteiger partial charge in [-0.25, -0.2) is 4.79 Å². The third-order valence-corrected chi connectivity index (χ3v) is 4.17. The number of hydrogen-bond acceptors (Lipinski definition) is 6. The van der Waals surface area contributed by atoms with E-state index >= 15 is 0 Å². The fraction of sp³-hybridized carbons (Fsp3) is 0.238. The van der Waals surface area contributed by atoms with Crippen molar-refractivity contribution in [3.8, 4) is 17.2 Å². The molecule has 0 saturated heterocycles. The van der Waals surface area contributed by atoms with Gasteiger partial charge in [-0.15, -0.1) is 0 Å². The van der Waals surface area contributed by atoms with E-state index < -0.39 is 5.63 Å². The third-order valence-electron chi connectivity index (χ3n) is 4.17. The number of ether oxygens (including phenoxy) is 3. The van der Waals surface area contributed by atoms with Crippen LogP contribution in [0.3, 0.4) is 0 Å². The molecular weight excluding hydrogens is 362 g/mol. The van der Waals surface area contributed by atoms with Crippen LogP contribution in [0.4, 0.5) is 0 Å². The first-order valence-electron chi connectivity index (χ1n) is 8.75. The Kier molecular flexibility index (Phi) is 5.84. The van der Waals surface area contributed by atoms with Crippen molar-refractivity contribution in [1.29, 1.82) is 0 Å². The quantitative estimate of drug-likeness (QED) is 0.631. The third kappa shape index (κ3) is 4.09. The van der Waals surface area contributed by atoms with Crippen molar-refractivity contribution in [2.45, 2.75) is 13.5 Å². The Morgan fingerprint density at radius 2 is 1.82 bits per heavy atom. The topological polar surface area (TPSA) is 87.0 Å². The summed E-state index contributed by atoms with van der Waals surface area (Å²) in [6.07, 6.45) is 0. The summed E-state index contributed by atoms with van der Waals surface area (Å²) in [7, 11) is 3.11. The fourth-order valence-corrected chi connectivity index (χ4v) is 2.86. The fourth-order valence-electron chi connectivity index (χ4n) is 2.86. The molecule has 146 valence electrons. The lowest BCUT2D eigenvalue weighted by molar-refractivity contribution is 0.0952. The summed E-state index contributed by atoms with van der Waals surface area (Å²) in [6.45, 7) is 2.61. The maximum atomic E-state index is 12.7. The number of hydrogen-bond donors (Lipinski definition) is 1. The minimum absolute atomic E-state index is 0.245. The van der Waals surface area contributed by atoms with E-state index in [1.807, 2.05) is 13.0 Å². The summed E-state index contributed by atoms with van der Waals surface area (Å²) < 4.78 is 21.1. The van der Waals surface area contributed by atoms with E-state index in [1.165, 1.54) is 6.07 Å². The minimum Gasteiger partial charge on any atom is -0.494 e. The highest BCUT2D eigenvalue weighted by Crippen LogP contribution is 2.27. The summed E-state index contributed by atoms with van der Waals surface area (Å²) >= 11 is 0. The van der Waals surface area contributed by atoms with Crippen molar-refractivity contribution < 1.29 is 23.4 Å². The van der Waals surface area contributed by atoms with Crippen molar-refractivity contribution in [3.63, 3.8) is 0 Å². The lowest BCUT2D eigenvalue weighted by Gasteiger charge is -2.11. The van der Waals surface area contributed by atoms with Crippen molar-refractivity contribution >= 4 is 16.9 Å². The zero-order valence-electron chi connectivity index (χ0n) is 15.9. The molecule has 0 bridgehead atoms. The number of benzene rings is 2. The van der Waals surface area contributed by atoms with Gasteiger partial charge in [-0.05, 0) is 36.8 Å². The molecule has 0 unspecified atom stereocenters. The lowest BCUT2D eigenvalue weighted by Crippen LogP contribution is -2.24. The SMILES string of the molecule is CCOc1ccc2c(C(=O)NCc3ccc(OC)c(OC)c3)cc(=O)oc2c1. The van der Waals surface area contributed by atoms with E-state index in [2.05, 4.69) is 5.32 Å². The second-order valence-corrected chi connectivity index (χ2v) is 5.94. The molecule has 0 spiro atoms. The molecule has 1 N–H and O–H groups in total. The number of fused-ring (bicyclic) bond motifs is 1. The lowest BCUT2D eigenvalue weighted by atomic mass is 10.1. The summed E-state index contributed by atoms with van der Waals surface area (Å²) in [6, 6.07) is 11.6. The van der Waals surface area contributed by atoms with E-state index in [4.69, 9.17) is 18.6 Å². The van der Waals surface area contributed by atoms with Gasteiger partial charge in [0.25, 0.3) is 5.91 Å². The Hall–Kier alpha value is -3.48. The van der Waals surface area contributed by atoms with E-state index in [0.717, 1.165) is 5.56 Å². The first-order chi connectivity index (χ1) is 13.5. The zero-order valence-corrected chi connectivity index (χ0v) is 15.9. The Morgan fingerprint density at radius 3 is 2.54 bits per heavy atom. The average Bonchev–Trinajstić information content (AvgIpc) is 2.71. The van der Waals surface area contributed by atoms with Crippen molar-refractivity contribution in [2.75, 3.05) is 20.8 Å². The van der Waals surface area contributed by atoms with Crippen molar-refractivity contribution in [3.05, 3.63) is 64.0 Å².